The minimum absolute atomic E-state index is 0.187. The number of carbonyl (C=O) groups is 1. The summed E-state index contributed by atoms with van der Waals surface area (Å²) in [5.74, 6) is -1.23. The van der Waals surface area contributed by atoms with Gasteiger partial charge in [0.25, 0.3) is 0 Å². The van der Waals surface area contributed by atoms with E-state index in [2.05, 4.69) is 5.32 Å². The first-order valence-electron chi connectivity index (χ1n) is 5.51. The number of halogens is 2. The molecule has 1 aliphatic heterocycles. The Morgan fingerprint density at radius 3 is 2.94 bits per heavy atom. The van der Waals surface area contributed by atoms with Crippen LogP contribution in [0.2, 0.25) is 5.02 Å². The van der Waals surface area contributed by atoms with E-state index in [0.717, 1.165) is 12.8 Å². The van der Waals surface area contributed by atoms with Crippen LogP contribution in [0.3, 0.4) is 0 Å². The normalized spacial score (nSPS) is 24.6. The molecule has 1 heterocycles. The molecule has 0 saturated carbocycles. The van der Waals surface area contributed by atoms with Crippen LogP contribution in [0.15, 0.2) is 18.2 Å². The number of carboxylic acid groups (broad SMARTS) is 1. The largest absolute Gasteiger partial charge is 0.480 e. The molecule has 0 amide bonds. The summed E-state index contributed by atoms with van der Waals surface area (Å²) in [6, 6.07) is 3.40. The summed E-state index contributed by atoms with van der Waals surface area (Å²) in [5, 5.41) is 12.4. The van der Waals surface area contributed by atoms with Crippen molar-refractivity contribution in [2.24, 2.45) is 0 Å². The van der Waals surface area contributed by atoms with Crippen LogP contribution in [0.4, 0.5) is 4.39 Å². The van der Waals surface area contributed by atoms with Gasteiger partial charge >= 0.3 is 5.97 Å². The number of benzene rings is 1. The second kappa shape index (κ2) is 5.02. The summed E-state index contributed by atoms with van der Waals surface area (Å²) >= 11 is 6.00. The average molecular weight is 258 g/mol. The van der Waals surface area contributed by atoms with Gasteiger partial charge in [-0.3, -0.25) is 10.1 Å². The van der Waals surface area contributed by atoms with E-state index in [4.69, 9.17) is 16.7 Å². The molecule has 5 heteroatoms. The van der Waals surface area contributed by atoms with Crippen molar-refractivity contribution in [1.29, 1.82) is 0 Å². The number of hydrogen-bond donors (Lipinski definition) is 2. The van der Waals surface area contributed by atoms with Crippen LogP contribution in [0.25, 0.3) is 0 Å². The average Bonchev–Trinajstić information content (AvgIpc) is 2.32. The lowest BCUT2D eigenvalue weighted by Crippen LogP contribution is -2.42. The molecule has 0 radical (unpaired) electrons. The van der Waals surface area contributed by atoms with E-state index in [1.165, 1.54) is 18.2 Å². The Labute approximate surface area is 104 Å². The van der Waals surface area contributed by atoms with Gasteiger partial charge in [-0.15, -0.1) is 0 Å². The quantitative estimate of drug-likeness (QED) is 0.857. The molecule has 0 aromatic heterocycles. The Morgan fingerprint density at radius 1 is 1.47 bits per heavy atom. The Balaban J connectivity index is 2.21. The highest BCUT2D eigenvalue weighted by molar-refractivity contribution is 6.31. The first kappa shape index (κ1) is 12.3. The van der Waals surface area contributed by atoms with Gasteiger partial charge in [0.05, 0.1) is 0 Å². The summed E-state index contributed by atoms with van der Waals surface area (Å²) < 4.78 is 13.2. The molecule has 17 heavy (non-hydrogen) atoms. The van der Waals surface area contributed by atoms with E-state index in [0.29, 0.717) is 17.0 Å². The lowest BCUT2D eigenvalue weighted by Gasteiger charge is -2.29. The Bertz CT molecular complexity index is 439. The number of rotatable bonds is 2. The van der Waals surface area contributed by atoms with Crippen LogP contribution in [-0.2, 0) is 4.79 Å². The Kier molecular flexibility index (Phi) is 3.64. The molecule has 0 aliphatic carbocycles. The molecule has 1 fully saturated rings. The van der Waals surface area contributed by atoms with Crippen molar-refractivity contribution in [2.45, 2.75) is 31.3 Å². The topological polar surface area (TPSA) is 49.3 Å². The molecule has 2 atom stereocenters. The van der Waals surface area contributed by atoms with Crippen molar-refractivity contribution in [3.05, 3.63) is 34.6 Å². The number of nitrogens with one attached hydrogen (secondary N) is 1. The SMILES string of the molecule is O=C(O)C1CCCC(c2cc(F)ccc2Cl)N1. The van der Waals surface area contributed by atoms with Gasteiger partial charge in [-0.25, -0.2) is 4.39 Å². The highest BCUT2D eigenvalue weighted by Crippen LogP contribution is 2.31. The zero-order valence-corrected chi connectivity index (χ0v) is 9.88. The minimum atomic E-state index is -0.873. The first-order chi connectivity index (χ1) is 8.08. The Morgan fingerprint density at radius 2 is 2.24 bits per heavy atom. The molecule has 2 N–H and O–H groups in total. The van der Waals surface area contributed by atoms with Crippen LogP contribution < -0.4 is 5.32 Å². The monoisotopic (exact) mass is 257 g/mol. The molecule has 1 aliphatic rings. The zero-order valence-electron chi connectivity index (χ0n) is 9.12. The van der Waals surface area contributed by atoms with Crippen molar-refractivity contribution >= 4 is 17.6 Å². The van der Waals surface area contributed by atoms with Gasteiger partial charge in [0.2, 0.25) is 0 Å². The van der Waals surface area contributed by atoms with Gasteiger partial charge in [-0.1, -0.05) is 11.6 Å². The number of aliphatic carboxylic acids is 1. The molecule has 1 aromatic carbocycles. The Hall–Kier alpha value is -1.13. The van der Waals surface area contributed by atoms with Crippen molar-refractivity contribution in [1.82, 2.24) is 5.32 Å². The molecule has 0 spiro atoms. The van der Waals surface area contributed by atoms with Crippen molar-refractivity contribution in [2.75, 3.05) is 0 Å². The van der Waals surface area contributed by atoms with Gasteiger partial charge in [-0.2, -0.15) is 0 Å². The highest BCUT2D eigenvalue weighted by Gasteiger charge is 2.28. The van der Waals surface area contributed by atoms with Crippen molar-refractivity contribution in [3.63, 3.8) is 0 Å². The van der Waals surface area contributed by atoms with Crippen LogP contribution in [0.1, 0.15) is 30.9 Å². The summed E-state index contributed by atoms with van der Waals surface area (Å²) in [4.78, 5) is 10.9. The van der Waals surface area contributed by atoms with Gasteiger partial charge in [-0.05, 0) is 43.0 Å². The van der Waals surface area contributed by atoms with E-state index in [-0.39, 0.29) is 11.9 Å². The van der Waals surface area contributed by atoms with Crippen LogP contribution >= 0.6 is 11.6 Å². The fourth-order valence-corrected chi connectivity index (χ4v) is 2.41. The van der Waals surface area contributed by atoms with E-state index in [9.17, 15) is 9.18 Å². The fourth-order valence-electron chi connectivity index (χ4n) is 2.16. The lowest BCUT2D eigenvalue weighted by atomic mass is 9.93. The second-order valence-corrected chi connectivity index (χ2v) is 4.61. The predicted molar refractivity (Wildman–Crippen MR) is 62.6 cm³/mol. The van der Waals surface area contributed by atoms with E-state index < -0.39 is 12.0 Å². The third-order valence-corrected chi connectivity index (χ3v) is 3.36. The molecule has 1 aromatic rings. The minimum Gasteiger partial charge on any atom is -0.480 e. The number of piperidine rings is 1. The molecule has 0 bridgehead atoms. The van der Waals surface area contributed by atoms with E-state index >= 15 is 0 Å². The van der Waals surface area contributed by atoms with Crippen LogP contribution in [0, 0.1) is 5.82 Å². The molecule has 1 saturated heterocycles. The van der Waals surface area contributed by atoms with Crippen molar-refractivity contribution < 1.29 is 14.3 Å². The summed E-state index contributed by atoms with van der Waals surface area (Å²) in [7, 11) is 0. The summed E-state index contributed by atoms with van der Waals surface area (Å²) in [6.45, 7) is 0. The second-order valence-electron chi connectivity index (χ2n) is 4.21. The molecule has 3 nitrogen and oxygen atoms in total. The van der Waals surface area contributed by atoms with Crippen LogP contribution in [0.5, 0.6) is 0 Å². The maximum Gasteiger partial charge on any atom is 0.320 e. The van der Waals surface area contributed by atoms with Crippen LogP contribution in [-0.4, -0.2) is 17.1 Å². The summed E-state index contributed by atoms with van der Waals surface area (Å²) in [6.07, 6.45) is 2.16. The van der Waals surface area contributed by atoms with Gasteiger partial charge in [0.15, 0.2) is 0 Å². The standard InChI is InChI=1S/C12H13ClFNO2/c13-9-5-4-7(14)6-8(9)10-2-1-3-11(15-10)12(16)17/h4-6,10-11,15H,1-3H2,(H,16,17). The first-order valence-corrected chi connectivity index (χ1v) is 5.89. The van der Waals surface area contributed by atoms with Gasteiger partial charge in [0.1, 0.15) is 11.9 Å². The molecule has 92 valence electrons. The van der Waals surface area contributed by atoms with Crippen molar-refractivity contribution in [3.8, 4) is 0 Å². The van der Waals surface area contributed by atoms with Gasteiger partial charge in [0, 0.05) is 11.1 Å². The highest BCUT2D eigenvalue weighted by atomic mass is 35.5. The zero-order chi connectivity index (χ0) is 12.4. The fraction of sp³-hybridized carbons (Fsp3) is 0.417. The maximum atomic E-state index is 13.2. The smallest absolute Gasteiger partial charge is 0.320 e. The van der Waals surface area contributed by atoms with E-state index in [1.54, 1.807) is 0 Å². The molecular formula is C12H13ClFNO2. The predicted octanol–water partition coefficient (Wildman–Crippen LogP) is 2.75. The molecule has 2 unspecified atom stereocenters. The molecular weight excluding hydrogens is 245 g/mol. The lowest BCUT2D eigenvalue weighted by molar-refractivity contribution is -0.140. The third-order valence-electron chi connectivity index (χ3n) is 3.02. The van der Waals surface area contributed by atoms with Gasteiger partial charge < -0.3 is 5.11 Å². The number of hydrogen-bond acceptors (Lipinski definition) is 2. The van der Waals surface area contributed by atoms with E-state index in [1.807, 2.05) is 0 Å². The number of carboxylic acids is 1. The third kappa shape index (κ3) is 2.76. The molecule has 2 rings (SSSR count). The summed E-state index contributed by atoms with van der Waals surface area (Å²) in [5.41, 5.74) is 0.637. The maximum absolute atomic E-state index is 13.2.